The Morgan fingerprint density at radius 1 is 1.29 bits per heavy atom. The van der Waals surface area contributed by atoms with Crippen molar-refractivity contribution < 1.29 is 9.90 Å². The zero-order chi connectivity index (χ0) is 15.9. The summed E-state index contributed by atoms with van der Waals surface area (Å²) in [5.74, 6) is 0.0304. The second kappa shape index (κ2) is 8.44. The monoisotopic (exact) mass is 309 g/mol. The summed E-state index contributed by atoms with van der Waals surface area (Å²) in [4.78, 5) is 12.0. The van der Waals surface area contributed by atoms with Crippen molar-refractivity contribution in [2.24, 2.45) is 0 Å². The molecular formula is C17H27NO2S. The van der Waals surface area contributed by atoms with Crippen LogP contribution in [-0.4, -0.2) is 28.1 Å². The Balaban J connectivity index is 2.99. The van der Waals surface area contributed by atoms with Crippen LogP contribution in [0.1, 0.15) is 46.1 Å². The van der Waals surface area contributed by atoms with Gasteiger partial charge in [0.15, 0.2) is 0 Å². The van der Waals surface area contributed by atoms with Gasteiger partial charge in [0.05, 0.1) is 0 Å². The molecule has 0 amide bonds. The molecule has 0 saturated carbocycles. The summed E-state index contributed by atoms with van der Waals surface area (Å²) < 4.78 is 0. The SMILES string of the molecule is CCC(C)SCCC(NC(C)C)(C(=O)O)c1ccccc1. The van der Waals surface area contributed by atoms with Gasteiger partial charge < -0.3 is 5.11 Å². The maximum atomic E-state index is 12.0. The highest BCUT2D eigenvalue weighted by Crippen LogP contribution is 2.29. The van der Waals surface area contributed by atoms with E-state index in [9.17, 15) is 9.90 Å². The van der Waals surface area contributed by atoms with E-state index in [-0.39, 0.29) is 6.04 Å². The van der Waals surface area contributed by atoms with Crippen molar-refractivity contribution in [1.29, 1.82) is 0 Å². The highest BCUT2D eigenvalue weighted by Gasteiger charge is 2.40. The van der Waals surface area contributed by atoms with Gasteiger partial charge in [0, 0.05) is 11.3 Å². The molecule has 2 N–H and O–H groups in total. The fourth-order valence-electron chi connectivity index (χ4n) is 2.34. The Morgan fingerprint density at radius 3 is 2.38 bits per heavy atom. The molecule has 0 heterocycles. The smallest absolute Gasteiger partial charge is 0.328 e. The quantitative estimate of drug-likeness (QED) is 0.726. The number of carbonyl (C=O) groups is 1. The molecule has 1 aromatic carbocycles. The van der Waals surface area contributed by atoms with Gasteiger partial charge >= 0.3 is 5.97 Å². The largest absolute Gasteiger partial charge is 0.480 e. The standard InChI is InChI=1S/C17H27NO2S/c1-5-14(4)21-12-11-17(16(19)20,18-13(2)3)15-9-7-6-8-10-15/h6-10,13-14,18H,5,11-12H2,1-4H3,(H,19,20). The van der Waals surface area contributed by atoms with Gasteiger partial charge in [0.2, 0.25) is 0 Å². The lowest BCUT2D eigenvalue weighted by Crippen LogP contribution is -2.52. The van der Waals surface area contributed by atoms with Crippen LogP contribution in [0.15, 0.2) is 30.3 Å². The Hall–Kier alpha value is -1.00. The fraction of sp³-hybridized carbons (Fsp3) is 0.588. The van der Waals surface area contributed by atoms with Crippen LogP contribution in [-0.2, 0) is 10.3 Å². The normalized spacial score (nSPS) is 15.7. The molecule has 0 saturated heterocycles. The lowest BCUT2D eigenvalue weighted by atomic mass is 9.86. The molecule has 0 aliphatic rings. The van der Waals surface area contributed by atoms with Crippen LogP contribution in [0.4, 0.5) is 0 Å². The van der Waals surface area contributed by atoms with E-state index in [1.807, 2.05) is 55.9 Å². The number of hydrogen-bond donors (Lipinski definition) is 2. The summed E-state index contributed by atoms with van der Waals surface area (Å²) in [6.45, 7) is 8.32. The number of carboxylic acids is 1. The van der Waals surface area contributed by atoms with Crippen molar-refractivity contribution in [2.45, 2.75) is 57.4 Å². The molecule has 0 spiro atoms. The van der Waals surface area contributed by atoms with Crippen LogP contribution < -0.4 is 5.32 Å². The lowest BCUT2D eigenvalue weighted by molar-refractivity contribution is -0.146. The van der Waals surface area contributed by atoms with Crippen molar-refractivity contribution in [3.05, 3.63) is 35.9 Å². The van der Waals surface area contributed by atoms with Gasteiger partial charge in [-0.15, -0.1) is 0 Å². The van der Waals surface area contributed by atoms with E-state index in [1.165, 1.54) is 0 Å². The third-order valence-corrected chi connectivity index (χ3v) is 4.96. The Morgan fingerprint density at radius 2 is 1.90 bits per heavy atom. The number of benzene rings is 1. The van der Waals surface area contributed by atoms with Crippen molar-refractivity contribution in [3.63, 3.8) is 0 Å². The Labute approximate surface area is 132 Å². The van der Waals surface area contributed by atoms with E-state index in [1.54, 1.807) is 0 Å². The Kier molecular flexibility index (Phi) is 7.26. The number of thioether (sulfide) groups is 1. The van der Waals surface area contributed by atoms with Gasteiger partial charge in [-0.3, -0.25) is 5.32 Å². The summed E-state index contributed by atoms with van der Waals surface area (Å²) >= 11 is 1.84. The summed E-state index contributed by atoms with van der Waals surface area (Å²) in [5.41, 5.74) is -0.174. The van der Waals surface area contributed by atoms with Crippen LogP contribution >= 0.6 is 11.8 Å². The maximum absolute atomic E-state index is 12.0. The van der Waals surface area contributed by atoms with E-state index < -0.39 is 11.5 Å². The molecule has 1 rings (SSSR count). The first-order chi connectivity index (χ1) is 9.92. The zero-order valence-corrected chi connectivity index (χ0v) is 14.2. The van der Waals surface area contributed by atoms with E-state index in [0.717, 1.165) is 17.7 Å². The second-order valence-electron chi connectivity index (χ2n) is 5.72. The highest BCUT2D eigenvalue weighted by atomic mass is 32.2. The van der Waals surface area contributed by atoms with Gasteiger partial charge in [0.25, 0.3) is 0 Å². The second-order valence-corrected chi connectivity index (χ2v) is 7.26. The zero-order valence-electron chi connectivity index (χ0n) is 13.4. The van der Waals surface area contributed by atoms with Gasteiger partial charge in [-0.2, -0.15) is 11.8 Å². The number of aliphatic carboxylic acids is 1. The van der Waals surface area contributed by atoms with Crippen LogP contribution in [0.25, 0.3) is 0 Å². The number of carboxylic acid groups (broad SMARTS) is 1. The molecule has 2 unspecified atom stereocenters. The van der Waals surface area contributed by atoms with Crippen molar-refractivity contribution in [1.82, 2.24) is 5.32 Å². The van der Waals surface area contributed by atoms with Crippen molar-refractivity contribution >= 4 is 17.7 Å². The molecule has 0 bridgehead atoms. The minimum absolute atomic E-state index is 0.106. The molecule has 0 aromatic heterocycles. The van der Waals surface area contributed by atoms with Crippen molar-refractivity contribution in [2.75, 3.05) is 5.75 Å². The predicted octanol–water partition coefficient (Wildman–Crippen LogP) is 3.89. The van der Waals surface area contributed by atoms with Gasteiger partial charge in [-0.25, -0.2) is 4.79 Å². The van der Waals surface area contributed by atoms with E-state index in [2.05, 4.69) is 19.2 Å². The number of rotatable bonds is 9. The third kappa shape index (κ3) is 5.04. The average Bonchev–Trinajstić information content (AvgIpc) is 2.46. The lowest BCUT2D eigenvalue weighted by Gasteiger charge is -2.33. The van der Waals surface area contributed by atoms with Gasteiger partial charge in [-0.1, -0.05) is 44.2 Å². The molecule has 0 aliphatic heterocycles. The van der Waals surface area contributed by atoms with E-state index >= 15 is 0 Å². The summed E-state index contributed by atoms with van der Waals surface area (Å²) in [6.07, 6.45) is 1.69. The molecule has 1 aromatic rings. The van der Waals surface area contributed by atoms with E-state index in [0.29, 0.717) is 11.7 Å². The van der Waals surface area contributed by atoms with Crippen LogP contribution in [0, 0.1) is 0 Å². The Bertz CT molecular complexity index is 436. The molecule has 118 valence electrons. The van der Waals surface area contributed by atoms with E-state index in [4.69, 9.17) is 0 Å². The minimum Gasteiger partial charge on any atom is -0.480 e. The molecule has 3 nitrogen and oxygen atoms in total. The first kappa shape index (κ1) is 18.1. The fourth-order valence-corrected chi connectivity index (χ4v) is 3.40. The first-order valence-electron chi connectivity index (χ1n) is 7.60. The summed E-state index contributed by atoms with van der Waals surface area (Å²) in [6, 6.07) is 9.62. The van der Waals surface area contributed by atoms with Gasteiger partial charge in [0.1, 0.15) is 5.54 Å². The third-order valence-electron chi connectivity index (χ3n) is 3.62. The predicted molar refractivity (Wildman–Crippen MR) is 90.9 cm³/mol. The molecule has 0 aliphatic carbocycles. The highest BCUT2D eigenvalue weighted by molar-refractivity contribution is 7.99. The maximum Gasteiger partial charge on any atom is 0.328 e. The molecular weight excluding hydrogens is 282 g/mol. The van der Waals surface area contributed by atoms with Gasteiger partial charge in [-0.05, 0) is 38.0 Å². The first-order valence-corrected chi connectivity index (χ1v) is 8.65. The number of nitrogens with one attached hydrogen (secondary N) is 1. The molecule has 4 heteroatoms. The molecule has 2 atom stereocenters. The van der Waals surface area contributed by atoms with Crippen LogP contribution in [0.3, 0.4) is 0 Å². The molecule has 0 radical (unpaired) electrons. The van der Waals surface area contributed by atoms with Crippen molar-refractivity contribution in [3.8, 4) is 0 Å². The average molecular weight is 309 g/mol. The molecule has 0 fully saturated rings. The summed E-state index contributed by atoms with van der Waals surface area (Å²) in [7, 11) is 0. The van der Waals surface area contributed by atoms with Crippen LogP contribution in [0.2, 0.25) is 0 Å². The minimum atomic E-state index is -1.00. The van der Waals surface area contributed by atoms with Crippen LogP contribution in [0.5, 0.6) is 0 Å². The molecule has 21 heavy (non-hydrogen) atoms. The topological polar surface area (TPSA) is 49.3 Å². The summed E-state index contributed by atoms with van der Waals surface area (Å²) in [5, 5.41) is 13.7. The number of hydrogen-bond acceptors (Lipinski definition) is 3.